The van der Waals surface area contributed by atoms with Crippen LogP contribution in [0, 0.1) is 0 Å². The zero-order valence-corrected chi connectivity index (χ0v) is 15.4. The van der Waals surface area contributed by atoms with Gasteiger partial charge in [-0.1, -0.05) is 48.5 Å². The molecule has 1 atom stereocenters. The van der Waals surface area contributed by atoms with Gasteiger partial charge in [-0.05, 0) is 47.9 Å². The summed E-state index contributed by atoms with van der Waals surface area (Å²) in [7, 11) is 0. The molecular weight excluding hydrogens is 338 g/mol. The van der Waals surface area contributed by atoms with Gasteiger partial charge >= 0.3 is 6.03 Å². The number of urea groups is 1. The molecule has 0 bridgehead atoms. The van der Waals surface area contributed by atoms with Crippen molar-refractivity contribution < 1.29 is 9.59 Å². The molecule has 2 aromatic rings. The Balaban J connectivity index is 1.29. The lowest BCUT2D eigenvalue weighted by molar-refractivity contribution is -0.121. The molecule has 27 heavy (non-hydrogen) atoms. The maximum atomic E-state index is 12.4. The van der Waals surface area contributed by atoms with Gasteiger partial charge in [-0.3, -0.25) is 4.79 Å². The Labute approximate surface area is 159 Å². The number of aryl methyl sites for hydroxylation is 1. The quantitative estimate of drug-likeness (QED) is 0.881. The van der Waals surface area contributed by atoms with E-state index in [1.807, 2.05) is 24.3 Å². The molecule has 140 valence electrons. The number of rotatable bonds is 3. The normalized spacial score (nSPS) is 18.2. The highest BCUT2D eigenvalue weighted by Gasteiger charge is 2.23. The minimum atomic E-state index is -0.177. The van der Waals surface area contributed by atoms with Crippen molar-refractivity contribution in [2.75, 3.05) is 13.1 Å². The van der Waals surface area contributed by atoms with Crippen LogP contribution in [0.25, 0.3) is 0 Å². The fraction of sp³-hybridized carbons (Fsp3) is 0.364. The Morgan fingerprint density at radius 3 is 2.56 bits per heavy atom. The van der Waals surface area contributed by atoms with Crippen LogP contribution < -0.4 is 10.6 Å². The second kappa shape index (κ2) is 7.82. The number of benzene rings is 2. The highest BCUT2D eigenvalue weighted by molar-refractivity contribution is 5.84. The number of fused-ring (bicyclic) bond motifs is 2. The molecule has 5 nitrogen and oxygen atoms in total. The summed E-state index contributed by atoms with van der Waals surface area (Å²) < 4.78 is 0. The summed E-state index contributed by atoms with van der Waals surface area (Å²) in [5, 5.41) is 5.85. The van der Waals surface area contributed by atoms with Gasteiger partial charge in [-0.15, -0.1) is 0 Å². The van der Waals surface area contributed by atoms with Gasteiger partial charge in [0.05, 0.1) is 12.6 Å². The number of amides is 3. The molecule has 1 unspecified atom stereocenters. The minimum Gasteiger partial charge on any atom is -0.348 e. The van der Waals surface area contributed by atoms with E-state index in [9.17, 15) is 9.59 Å². The van der Waals surface area contributed by atoms with E-state index in [1.54, 1.807) is 4.90 Å². The summed E-state index contributed by atoms with van der Waals surface area (Å²) in [4.78, 5) is 26.6. The van der Waals surface area contributed by atoms with E-state index < -0.39 is 0 Å². The molecule has 1 heterocycles. The lowest BCUT2D eigenvalue weighted by Gasteiger charge is -2.29. The molecule has 5 heteroatoms. The molecule has 3 amide bonds. The zero-order chi connectivity index (χ0) is 18.6. The predicted molar refractivity (Wildman–Crippen MR) is 104 cm³/mol. The van der Waals surface area contributed by atoms with E-state index >= 15 is 0 Å². The van der Waals surface area contributed by atoms with Gasteiger partial charge in [0.2, 0.25) is 5.91 Å². The first-order valence-corrected chi connectivity index (χ1v) is 9.67. The maximum Gasteiger partial charge on any atom is 0.318 e. The van der Waals surface area contributed by atoms with Gasteiger partial charge in [0.15, 0.2) is 0 Å². The summed E-state index contributed by atoms with van der Waals surface area (Å²) in [6.07, 6.45) is 3.94. The van der Waals surface area contributed by atoms with Gasteiger partial charge in [0.25, 0.3) is 0 Å². The molecule has 4 rings (SSSR count). The lowest BCUT2D eigenvalue weighted by atomic mass is 9.88. The smallest absolute Gasteiger partial charge is 0.318 e. The largest absolute Gasteiger partial charge is 0.348 e. The van der Waals surface area contributed by atoms with Crippen LogP contribution in [0.4, 0.5) is 4.79 Å². The first-order valence-electron chi connectivity index (χ1n) is 9.67. The van der Waals surface area contributed by atoms with Crippen LogP contribution in [0.15, 0.2) is 48.5 Å². The van der Waals surface area contributed by atoms with Crippen LogP contribution in [0.5, 0.6) is 0 Å². The van der Waals surface area contributed by atoms with Crippen LogP contribution in [-0.2, 0) is 24.2 Å². The molecule has 1 aliphatic heterocycles. The molecule has 2 aromatic carbocycles. The van der Waals surface area contributed by atoms with Gasteiger partial charge in [-0.25, -0.2) is 4.79 Å². The predicted octanol–water partition coefficient (Wildman–Crippen LogP) is 2.95. The van der Waals surface area contributed by atoms with Gasteiger partial charge < -0.3 is 15.5 Å². The molecule has 1 aliphatic carbocycles. The van der Waals surface area contributed by atoms with E-state index in [4.69, 9.17) is 0 Å². The van der Waals surface area contributed by atoms with E-state index in [0.717, 1.165) is 25.7 Å². The minimum absolute atomic E-state index is 0.00957. The third-order valence-electron chi connectivity index (χ3n) is 5.52. The number of carbonyl (C=O) groups is 2. The van der Waals surface area contributed by atoms with Crippen molar-refractivity contribution in [1.29, 1.82) is 0 Å². The Morgan fingerprint density at radius 1 is 0.963 bits per heavy atom. The van der Waals surface area contributed by atoms with Crippen molar-refractivity contribution in [3.63, 3.8) is 0 Å². The topological polar surface area (TPSA) is 61.4 Å². The van der Waals surface area contributed by atoms with Crippen LogP contribution in [0.1, 0.15) is 41.1 Å². The van der Waals surface area contributed by atoms with E-state index in [1.165, 1.54) is 22.3 Å². The average molecular weight is 363 g/mol. The summed E-state index contributed by atoms with van der Waals surface area (Å²) in [6.45, 7) is 1.29. The van der Waals surface area contributed by atoms with Crippen molar-refractivity contribution in [1.82, 2.24) is 15.5 Å². The van der Waals surface area contributed by atoms with Crippen LogP contribution in [0.3, 0.4) is 0 Å². The molecule has 0 aromatic heterocycles. The van der Waals surface area contributed by atoms with Crippen LogP contribution >= 0.6 is 0 Å². The van der Waals surface area contributed by atoms with Gasteiger partial charge in [0, 0.05) is 13.1 Å². The van der Waals surface area contributed by atoms with Gasteiger partial charge in [0.1, 0.15) is 0 Å². The molecule has 2 aliphatic rings. The summed E-state index contributed by atoms with van der Waals surface area (Å²) in [5.41, 5.74) is 5.00. The number of nitrogens with one attached hydrogen (secondary N) is 2. The maximum absolute atomic E-state index is 12.4. The summed E-state index contributed by atoms with van der Waals surface area (Å²) >= 11 is 0. The fourth-order valence-corrected chi connectivity index (χ4v) is 4.09. The Hall–Kier alpha value is -2.82. The monoisotopic (exact) mass is 363 g/mol. The highest BCUT2D eigenvalue weighted by atomic mass is 16.2. The first kappa shape index (κ1) is 17.6. The Bertz CT molecular complexity index is 849. The molecule has 0 fully saturated rings. The SMILES string of the molecule is O=C(CNC(=O)N1CCc2ccccc2C1)NC1CCCc2ccccc21. The fourth-order valence-electron chi connectivity index (χ4n) is 4.09. The van der Waals surface area contributed by atoms with Crippen molar-refractivity contribution in [2.45, 2.75) is 38.3 Å². The van der Waals surface area contributed by atoms with Gasteiger partial charge in [-0.2, -0.15) is 0 Å². The highest BCUT2D eigenvalue weighted by Crippen LogP contribution is 2.29. The van der Waals surface area contributed by atoms with Crippen molar-refractivity contribution in [3.05, 3.63) is 70.8 Å². The van der Waals surface area contributed by atoms with E-state index in [0.29, 0.717) is 13.1 Å². The van der Waals surface area contributed by atoms with Crippen molar-refractivity contribution in [3.8, 4) is 0 Å². The second-order valence-electron chi connectivity index (χ2n) is 7.31. The summed E-state index contributed by atoms with van der Waals surface area (Å²) in [6, 6.07) is 16.3. The molecule has 0 saturated carbocycles. The van der Waals surface area contributed by atoms with Crippen molar-refractivity contribution >= 4 is 11.9 Å². The first-order chi connectivity index (χ1) is 13.2. The van der Waals surface area contributed by atoms with E-state index in [-0.39, 0.29) is 24.5 Å². The zero-order valence-electron chi connectivity index (χ0n) is 15.4. The Kier molecular flexibility index (Phi) is 5.10. The number of hydrogen-bond donors (Lipinski definition) is 2. The van der Waals surface area contributed by atoms with Crippen LogP contribution in [0.2, 0.25) is 0 Å². The average Bonchev–Trinajstić information content (AvgIpc) is 2.72. The second-order valence-corrected chi connectivity index (χ2v) is 7.31. The molecule has 0 spiro atoms. The molecule has 0 saturated heterocycles. The number of nitrogens with zero attached hydrogens (tertiary/aromatic N) is 1. The summed E-state index contributed by atoms with van der Waals surface area (Å²) in [5.74, 6) is -0.137. The van der Waals surface area contributed by atoms with E-state index in [2.05, 4.69) is 34.9 Å². The molecule has 2 N–H and O–H groups in total. The standard InChI is InChI=1S/C22H25N3O2/c26-21(24-20-11-5-9-17-7-3-4-10-19(17)20)14-23-22(27)25-13-12-16-6-1-2-8-18(16)15-25/h1-4,6-8,10,20H,5,9,11-15H2,(H,23,27)(H,24,26). The number of hydrogen-bond acceptors (Lipinski definition) is 2. The molecule has 0 radical (unpaired) electrons. The molecular formula is C22H25N3O2. The third-order valence-corrected chi connectivity index (χ3v) is 5.52. The Morgan fingerprint density at radius 2 is 1.70 bits per heavy atom. The third kappa shape index (κ3) is 3.97. The number of carbonyl (C=O) groups excluding carboxylic acids is 2. The lowest BCUT2D eigenvalue weighted by Crippen LogP contribution is -2.46. The van der Waals surface area contributed by atoms with Crippen LogP contribution in [-0.4, -0.2) is 29.9 Å². The van der Waals surface area contributed by atoms with Crippen molar-refractivity contribution in [2.24, 2.45) is 0 Å².